The Hall–Kier alpha value is -3.15. The van der Waals surface area contributed by atoms with Gasteiger partial charge in [0, 0.05) is 6.07 Å². The first-order valence-corrected chi connectivity index (χ1v) is 10.1. The molecule has 1 aliphatic heterocycles. The minimum Gasteiger partial charge on any atom is -0.497 e. The van der Waals surface area contributed by atoms with Crippen LogP contribution in [0.5, 0.6) is 17.2 Å². The monoisotopic (exact) mass is 460 g/mol. The van der Waals surface area contributed by atoms with E-state index in [9.17, 15) is 25.2 Å². The molecular weight excluding hydrogens is 436 g/mol. The van der Waals surface area contributed by atoms with Crippen LogP contribution in [0.3, 0.4) is 0 Å². The maximum Gasteiger partial charge on any atom is 0.200 e. The molecule has 5 atom stereocenters. The Bertz CT molecular complexity index is 1170. The Morgan fingerprint density at radius 3 is 2.33 bits per heavy atom. The number of aliphatic hydroxyl groups is 4. The SMILES string of the molecule is COc1ccc(-c2coc3cc(OC4C(O)OC(CO)C(O)C4O)c(OC)cc3c2=O)cc1. The highest BCUT2D eigenvalue weighted by Crippen LogP contribution is 2.35. The van der Waals surface area contributed by atoms with E-state index in [2.05, 4.69) is 0 Å². The summed E-state index contributed by atoms with van der Waals surface area (Å²) in [6, 6.07) is 9.76. The highest BCUT2D eigenvalue weighted by atomic mass is 16.7. The lowest BCUT2D eigenvalue weighted by Crippen LogP contribution is -2.60. The molecule has 10 heteroatoms. The summed E-state index contributed by atoms with van der Waals surface area (Å²) in [4.78, 5) is 13.1. The first-order valence-electron chi connectivity index (χ1n) is 10.1. The van der Waals surface area contributed by atoms with Gasteiger partial charge < -0.3 is 43.8 Å². The van der Waals surface area contributed by atoms with E-state index in [4.69, 9.17) is 23.4 Å². The topological polar surface area (TPSA) is 148 Å². The van der Waals surface area contributed by atoms with E-state index in [-0.39, 0.29) is 27.9 Å². The molecule has 0 spiro atoms. The van der Waals surface area contributed by atoms with Gasteiger partial charge in [0.25, 0.3) is 0 Å². The third-order valence-corrected chi connectivity index (χ3v) is 5.57. The largest absolute Gasteiger partial charge is 0.497 e. The highest BCUT2D eigenvalue weighted by Gasteiger charge is 2.45. The molecule has 1 aliphatic rings. The molecule has 2 heterocycles. The van der Waals surface area contributed by atoms with Crippen LogP contribution in [0.4, 0.5) is 0 Å². The van der Waals surface area contributed by atoms with Gasteiger partial charge >= 0.3 is 0 Å². The minimum absolute atomic E-state index is 0.0479. The average molecular weight is 460 g/mol. The lowest BCUT2D eigenvalue weighted by Gasteiger charge is -2.39. The summed E-state index contributed by atoms with van der Waals surface area (Å²) in [5.74, 6) is 0.838. The third kappa shape index (κ3) is 4.26. The van der Waals surface area contributed by atoms with Crippen molar-refractivity contribution in [3.05, 3.63) is 52.9 Å². The molecule has 3 aromatic rings. The summed E-state index contributed by atoms with van der Waals surface area (Å²) < 4.78 is 26.9. The van der Waals surface area contributed by atoms with E-state index >= 15 is 0 Å². The molecular formula is C23H24O10. The Morgan fingerprint density at radius 1 is 0.970 bits per heavy atom. The molecule has 0 bridgehead atoms. The number of fused-ring (bicyclic) bond motifs is 1. The molecule has 2 aromatic carbocycles. The zero-order chi connectivity index (χ0) is 23.7. The smallest absolute Gasteiger partial charge is 0.200 e. The molecule has 0 saturated carbocycles. The fourth-order valence-corrected chi connectivity index (χ4v) is 3.70. The van der Waals surface area contributed by atoms with E-state index in [1.807, 2.05) is 0 Å². The molecule has 5 unspecified atom stereocenters. The molecule has 10 nitrogen and oxygen atoms in total. The molecule has 1 fully saturated rings. The van der Waals surface area contributed by atoms with Gasteiger partial charge in [0.2, 0.25) is 5.43 Å². The van der Waals surface area contributed by atoms with Crippen molar-refractivity contribution >= 4 is 11.0 Å². The maximum atomic E-state index is 13.1. The van der Waals surface area contributed by atoms with Crippen molar-refractivity contribution in [2.75, 3.05) is 20.8 Å². The first-order chi connectivity index (χ1) is 15.9. The molecule has 1 aromatic heterocycles. The number of hydrogen-bond acceptors (Lipinski definition) is 10. The van der Waals surface area contributed by atoms with Crippen LogP contribution in [-0.4, -0.2) is 72.0 Å². The number of benzene rings is 2. The van der Waals surface area contributed by atoms with Crippen LogP contribution < -0.4 is 19.6 Å². The van der Waals surface area contributed by atoms with Gasteiger partial charge in [0.1, 0.15) is 35.9 Å². The van der Waals surface area contributed by atoms with Gasteiger partial charge in [0.15, 0.2) is 23.9 Å². The summed E-state index contributed by atoms with van der Waals surface area (Å²) in [5.41, 5.74) is 0.866. The van der Waals surface area contributed by atoms with Crippen LogP contribution >= 0.6 is 0 Å². The number of methoxy groups -OCH3 is 2. The van der Waals surface area contributed by atoms with Gasteiger partial charge in [-0.3, -0.25) is 4.79 Å². The third-order valence-electron chi connectivity index (χ3n) is 5.57. The van der Waals surface area contributed by atoms with Gasteiger partial charge in [-0.15, -0.1) is 0 Å². The van der Waals surface area contributed by atoms with Crippen molar-refractivity contribution in [2.24, 2.45) is 0 Å². The van der Waals surface area contributed by atoms with Crippen molar-refractivity contribution in [1.82, 2.24) is 0 Å². The van der Waals surface area contributed by atoms with Gasteiger partial charge in [-0.2, -0.15) is 0 Å². The molecule has 4 N–H and O–H groups in total. The highest BCUT2D eigenvalue weighted by molar-refractivity contribution is 5.84. The predicted molar refractivity (Wildman–Crippen MR) is 115 cm³/mol. The van der Waals surface area contributed by atoms with Crippen molar-refractivity contribution in [3.8, 4) is 28.4 Å². The zero-order valence-corrected chi connectivity index (χ0v) is 17.9. The van der Waals surface area contributed by atoms with Crippen LogP contribution in [-0.2, 0) is 4.74 Å². The number of aliphatic hydroxyl groups excluding tert-OH is 4. The predicted octanol–water partition coefficient (Wildman–Crippen LogP) is 0.656. The number of ether oxygens (including phenoxy) is 4. The molecule has 0 amide bonds. The summed E-state index contributed by atoms with van der Waals surface area (Å²) in [6.45, 7) is -0.594. The van der Waals surface area contributed by atoms with Gasteiger partial charge in [-0.05, 0) is 23.8 Å². The number of rotatable bonds is 6. The summed E-state index contributed by atoms with van der Waals surface area (Å²) in [6.07, 6.45) is -5.91. The molecule has 0 aliphatic carbocycles. The van der Waals surface area contributed by atoms with E-state index in [0.29, 0.717) is 16.9 Å². The van der Waals surface area contributed by atoms with Crippen LogP contribution in [0.15, 0.2) is 51.9 Å². The van der Waals surface area contributed by atoms with Crippen molar-refractivity contribution < 1.29 is 43.8 Å². The normalized spacial score (nSPS) is 25.1. The summed E-state index contributed by atoms with van der Waals surface area (Å²) >= 11 is 0. The average Bonchev–Trinajstić information content (AvgIpc) is 2.84. The molecule has 176 valence electrons. The van der Waals surface area contributed by atoms with Crippen LogP contribution in [0.25, 0.3) is 22.1 Å². The lowest BCUT2D eigenvalue weighted by atomic mass is 9.99. The minimum atomic E-state index is -1.63. The van der Waals surface area contributed by atoms with E-state index in [1.165, 1.54) is 25.5 Å². The Balaban J connectivity index is 1.70. The van der Waals surface area contributed by atoms with E-state index in [1.54, 1.807) is 31.4 Å². The van der Waals surface area contributed by atoms with Crippen molar-refractivity contribution in [2.45, 2.75) is 30.7 Å². The van der Waals surface area contributed by atoms with Gasteiger partial charge in [-0.1, -0.05) is 12.1 Å². The second-order valence-electron chi connectivity index (χ2n) is 7.52. The fraction of sp³-hybridized carbons (Fsp3) is 0.348. The quantitative estimate of drug-likeness (QED) is 0.413. The zero-order valence-electron chi connectivity index (χ0n) is 17.9. The second kappa shape index (κ2) is 9.38. The molecule has 1 saturated heterocycles. The Kier molecular flexibility index (Phi) is 6.54. The van der Waals surface area contributed by atoms with Crippen molar-refractivity contribution in [1.29, 1.82) is 0 Å². The van der Waals surface area contributed by atoms with Crippen LogP contribution in [0.2, 0.25) is 0 Å². The molecule has 33 heavy (non-hydrogen) atoms. The second-order valence-corrected chi connectivity index (χ2v) is 7.52. The standard InChI is InChI=1S/C23H24O10/c1-29-12-5-3-11(4-6-12)14-10-31-15-8-17(16(30-2)7-13(15)19(14)25)32-22-21(27)20(26)18(9-24)33-23(22)28/h3-8,10,18,20-24,26-28H,9H2,1-2H3. The molecule has 4 rings (SSSR count). The van der Waals surface area contributed by atoms with Crippen LogP contribution in [0.1, 0.15) is 0 Å². The Morgan fingerprint density at radius 2 is 1.70 bits per heavy atom. The van der Waals surface area contributed by atoms with Crippen molar-refractivity contribution in [3.63, 3.8) is 0 Å². The fourth-order valence-electron chi connectivity index (χ4n) is 3.70. The van der Waals surface area contributed by atoms with Crippen LogP contribution in [0, 0.1) is 0 Å². The Labute approximate surface area is 188 Å². The van der Waals surface area contributed by atoms with Gasteiger partial charge in [0.05, 0.1) is 31.8 Å². The molecule has 0 radical (unpaired) electrons. The van der Waals surface area contributed by atoms with Gasteiger partial charge in [-0.25, -0.2) is 0 Å². The first kappa shape index (κ1) is 23.0. The lowest BCUT2D eigenvalue weighted by molar-refractivity contribution is -0.280. The summed E-state index contributed by atoms with van der Waals surface area (Å²) in [5, 5.41) is 40.1. The van der Waals surface area contributed by atoms with E-state index < -0.39 is 37.3 Å². The summed E-state index contributed by atoms with van der Waals surface area (Å²) in [7, 11) is 2.91. The van der Waals surface area contributed by atoms with E-state index in [0.717, 1.165) is 0 Å². The number of hydrogen-bond donors (Lipinski definition) is 4. The maximum absolute atomic E-state index is 13.1.